The first-order valence-electron chi connectivity index (χ1n) is 7.15. The minimum absolute atomic E-state index is 0.0842. The number of sulfonamides is 1. The van der Waals surface area contributed by atoms with Crippen LogP contribution in [0.3, 0.4) is 0 Å². The Kier molecular flexibility index (Phi) is 3.56. The maximum Gasteiger partial charge on any atom is 0.277 e. The van der Waals surface area contributed by atoms with Gasteiger partial charge in [-0.3, -0.25) is 0 Å². The molecule has 0 aliphatic carbocycles. The van der Waals surface area contributed by atoms with Gasteiger partial charge >= 0.3 is 0 Å². The van der Waals surface area contributed by atoms with Gasteiger partial charge in [0.15, 0.2) is 0 Å². The lowest BCUT2D eigenvalue weighted by Crippen LogP contribution is -2.24. The van der Waals surface area contributed by atoms with E-state index in [1.807, 2.05) is 25.3 Å². The van der Waals surface area contributed by atoms with Crippen LogP contribution in [0.2, 0.25) is 0 Å². The molecule has 0 saturated carbocycles. The first kappa shape index (κ1) is 15.2. The molecular formula is C13H19N5O3S. The number of rotatable bonds is 4. The van der Waals surface area contributed by atoms with Gasteiger partial charge in [-0.1, -0.05) is 25.9 Å². The molecule has 120 valence electrons. The molecule has 0 unspecified atom stereocenters. The smallest absolute Gasteiger partial charge is 0.277 e. The molecule has 0 bridgehead atoms. The molecule has 3 rings (SSSR count). The molecule has 0 saturated heterocycles. The van der Waals surface area contributed by atoms with Crippen LogP contribution in [0.15, 0.2) is 15.7 Å². The number of nitrogens with zero attached hydrogens (tertiary/aromatic N) is 4. The van der Waals surface area contributed by atoms with E-state index in [-0.39, 0.29) is 17.1 Å². The van der Waals surface area contributed by atoms with E-state index < -0.39 is 10.0 Å². The van der Waals surface area contributed by atoms with Crippen LogP contribution in [0.1, 0.15) is 44.5 Å². The van der Waals surface area contributed by atoms with E-state index in [1.54, 1.807) is 0 Å². The first-order chi connectivity index (χ1) is 10.3. The summed E-state index contributed by atoms with van der Waals surface area (Å²) in [6.45, 7) is 6.73. The van der Waals surface area contributed by atoms with Crippen molar-refractivity contribution in [1.29, 1.82) is 0 Å². The van der Waals surface area contributed by atoms with E-state index in [0.29, 0.717) is 11.5 Å². The van der Waals surface area contributed by atoms with Crippen molar-refractivity contribution < 1.29 is 12.9 Å². The SMILES string of the molecule is CC(C)(C)c1cc(S(=O)(=O)NCc2nnc3n2CCC3)on1. The maximum atomic E-state index is 12.3. The van der Waals surface area contributed by atoms with Crippen LogP contribution >= 0.6 is 0 Å². The molecule has 8 nitrogen and oxygen atoms in total. The number of aromatic nitrogens is 4. The molecule has 0 radical (unpaired) electrons. The van der Waals surface area contributed by atoms with Crippen LogP contribution in [-0.2, 0) is 34.9 Å². The molecule has 2 aromatic rings. The normalized spacial score (nSPS) is 15.2. The second-order valence-corrected chi connectivity index (χ2v) is 8.09. The Morgan fingerprint density at radius 1 is 1.36 bits per heavy atom. The average Bonchev–Trinajstić information content (AvgIpc) is 3.12. The Morgan fingerprint density at radius 3 is 2.82 bits per heavy atom. The maximum absolute atomic E-state index is 12.3. The standard InChI is InChI=1S/C13H19N5O3S/c1-13(2,3)9-7-12(21-17-9)22(19,20)14-8-11-16-15-10-5-4-6-18(10)11/h7,14H,4-6,8H2,1-3H3. The zero-order valence-electron chi connectivity index (χ0n) is 12.8. The minimum Gasteiger partial charge on any atom is -0.343 e. The minimum atomic E-state index is -3.75. The summed E-state index contributed by atoms with van der Waals surface area (Å²) in [4.78, 5) is 0. The number of nitrogens with one attached hydrogen (secondary N) is 1. The highest BCUT2D eigenvalue weighted by Gasteiger charge is 2.26. The Bertz CT molecular complexity index is 785. The van der Waals surface area contributed by atoms with Crippen molar-refractivity contribution >= 4 is 10.0 Å². The summed E-state index contributed by atoms with van der Waals surface area (Å²) in [5, 5.41) is 11.7. The van der Waals surface area contributed by atoms with Gasteiger partial charge in [0.05, 0.1) is 12.2 Å². The van der Waals surface area contributed by atoms with Crippen LogP contribution in [0.25, 0.3) is 0 Å². The summed E-state index contributed by atoms with van der Waals surface area (Å²) in [7, 11) is -3.75. The highest BCUT2D eigenvalue weighted by molar-refractivity contribution is 7.89. The van der Waals surface area contributed by atoms with Crippen molar-refractivity contribution in [2.75, 3.05) is 0 Å². The summed E-state index contributed by atoms with van der Waals surface area (Å²) in [6, 6.07) is 1.45. The summed E-state index contributed by atoms with van der Waals surface area (Å²) in [6.07, 6.45) is 1.90. The van der Waals surface area contributed by atoms with E-state index in [9.17, 15) is 8.42 Å². The highest BCUT2D eigenvalue weighted by atomic mass is 32.2. The van der Waals surface area contributed by atoms with Gasteiger partial charge in [0.25, 0.3) is 15.1 Å². The third-order valence-corrected chi connectivity index (χ3v) is 4.87. The van der Waals surface area contributed by atoms with Crippen molar-refractivity contribution in [3.05, 3.63) is 23.4 Å². The molecule has 0 amide bonds. The van der Waals surface area contributed by atoms with Crippen molar-refractivity contribution in [2.24, 2.45) is 0 Å². The van der Waals surface area contributed by atoms with Crippen LogP contribution in [0, 0.1) is 0 Å². The molecule has 0 atom stereocenters. The molecule has 1 aliphatic heterocycles. The molecule has 0 spiro atoms. The summed E-state index contributed by atoms with van der Waals surface area (Å²) in [5.74, 6) is 1.52. The second-order valence-electron chi connectivity index (χ2n) is 6.39. The van der Waals surface area contributed by atoms with Crippen molar-refractivity contribution in [2.45, 2.75) is 57.2 Å². The fraction of sp³-hybridized carbons (Fsp3) is 0.615. The number of fused-ring (bicyclic) bond motifs is 1. The van der Waals surface area contributed by atoms with Crippen LogP contribution in [-0.4, -0.2) is 28.3 Å². The number of hydrogen-bond acceptors (Lipinski definition) is 6. The van der Waals surface area contributed by atoms with Gasteiger partial charge in [0.2, 0.25) is 0 Å². The molecule has 1 N–H and O–H groups in total. The van der Waals surface area contributed by atoms with Crippen molar-refractivity contribution in [3.8, 4) is 0 Å². The molecule has 0 fully saturated rings. The Morgan fingerprint density at radius 2 is 2.14 bits per heavy atom. The van der Waals surface area contributed by atoms with Gasteiger partial charge in [-0.25, -0.2) is 13.1 Å². The zero-order chi connectivity index (χ0) is 16.0. The van der Waals surface area contributed by atoms with E-state index in [0.717, 1.165) is 25.2 Å². The fourth-order valence-corrected chi connectivity index (χ4v) is 3.17. The van der Waals surface area contributed by atoms with Crippen LogP contribution in [0.4, 0.5) is 0 Å². The Balaban J connectivity index is 1.75. The van der Waals surface area contributed by atoms with Gasteiger partial charge in [-0.15, -0.1) is 10.2 Å². The first-order valence-corrected chi connectivity index (χ1v) is 8.63. The van der Waals surface area contributed by atoms with Gasteiger partial charge < -0.3 is 9.09 Å². The number of hydrogen-bond donors (Lipinski definition) is 1. The fourth-order valence-electron chi connectivity index (χ4n) is 2.31. The van der Waals surface area contributed by atoms with E-state index in [2.05, 4.69) is 20.1 Å². The van der Waals surface area contributed by atoms with Gasteiger partial charge in [0.1, 0.15) is 11.6 Å². The largest absolute Gasteiger partial charge is 0.343 e. The number of aryl methyl sites for hydroxylation is 1. The highest BCUT2D eigenvalue weighted by Crippen LogP contribution is 2.23. The average molecular weight is 325 g/mol. The van der Waals surface area contributed by atoms with E-state index >= 15 is 0 Å². The Hall–Kier alpha value is -1.74. The zero-order valence-corrected chi connectivity index (χ0v) is 13.6. The van der Waals surface area contributed by atoms with Gasteiger partial charge in [0, 0.05) is 24.4 Å². The van der Waals surface area contributed by atoms with Crippen molar-refractivity contribution in [1.82, 2.24) is 24.6 Å². The summed E-state index contributed by atoms with van der Waals surface area (Å²) < 4.78 is 33.9. The molecule has 1 aliphatic rings. The van der Waals surface area contributed by atoms with Crippen LogP contribution < -0.4 is 4.72 Å². The molecule has 0 aromatic carbocycles. The lowest BCUT2D eigenvalue weighted by molar-refractivity contribution is 0.325. The van der Waals surface area contributed by atoms with E-state index in [4.69, 9.17) is 4.52 Å². The molecular weight excluding hydrogens is 306 g/mol. The quantitative estimate of drug-likeness (QED) is 0.899. The molecule has 22 heavy (non-hydrogen) atoms. The third kappa shape index (κ3) is 2.78. The van der Waals surface area contributed by atoms with Crippen LogP contribution in [0.5, 0.6) is 0 Å². The Labute approximate surface area is 129 Å². The molecule has 2 aromatic heterocycles. The predicted octanol–water partition coefficient (Wildman–Crippen LogP) is 0.988. The monoisotopic (exact) mass is 325 g/mol. The topological polar surface area (TPSA) is 103 Å². The summed E-state index contributed by atoms with van der Waals surface area (Å²) in [5.41, 5.74) is 0.321. The summed E-state index contributed by atoms with van der Waals surface area (Å²) >= 11 is 0. The third-order valence-electron chi connectivity index (χ3n) is 3.63. The van der Waals surface area contributed by atoms with Gasteiger partial charge in [-0.2, -0.15) is 0 Å². The lowest BCUT2D eigenvalue weighted by atomic mass is 9.93. The molecule has 3 heterocycles. The van der Waals surface area contributed by atoms with E-state index in [1.165, 1.54) is 6.07 Å². The molecule has 9 heteroatoms. The van der Waals surface area contributed by atoms with Crippen molar-refractivity contribution in [3.63, 3.8) is 0 Å². The van der Waals surface area contributed by atoms with Gasteiger partial charge in [-0.05, 0) is 6.42 Å². The second kappa shape index (κ2) is 5.17. The predicted molar refractivity (Wildman–Crippen MR) is 77.6 cm³/mol. The lowest BCUT2D eigenvalue weighted by Gasteiger charge is -2.12.